The highest BCUT2D eigenvalue weighted by atomic mass is 32.2. The summed E-state index contributed by atoms with van der Waals surface area (Å²) in [5, 5.41) is 3.44. The van der Waals surface area contributed by atoms with Crippen LogP contribution in [0.2, 0.25) is 0 Å². The van der Waals surface area contributed by atoms with E-state index in [1.807, 2.05) is 40.6 Å². The Morgan fingerprint density at radius 2 is 2.26 bits per heavy atom. The molecule has 19 heavy (non-hydrogen) atoms. The van der Waals surface area contributed by atoms with Crippen molar-refractivity contribution < 1.29 is 4.79 Å². The molecule has 1 amide bonds. The van der Waals surface area contributed by atoms with Gasteiger partial charge in [0, 0.05) is 47.7 Å². The van der Waals surface area contributed by atoms with Gasteiger partial charge in [0.2, 0.25) is 5.91 Å². The maximum Gasteiger partial charge on any atom is 0.228 e. The van der Waals surface area contributed by atoms with E-state index >= 15 is 0 Å². The second kappa shape index (κ2) is 6.20. The van der Waals surface area contributed by atoms with Crippen molar-refractivity contribution in [2.75, 3.05) is 35.2 Å². The standard InChI is InChI=1S/C14H18N2OS2/c17-14(9-11-10-18-7-5-15-11)16-6-8-19-13-4-2-1-3-12(13)16/h1-4,11,15H,5-10H2. The van der Waals surface area contributed by atoms with Gasteiger partial charge in [0.1, 0.15) is 0 Å². The average Bonchev–Trinajstić information content (AvgIpc) is 2.47. The van der Waals surface area contributed by atoms with Crippen LogP contribution in [0.5, 0.6) is 0 Å². The van der Waals surface area contributed by atoms with E-state index in [0.717, 1.165) is 36.0 Å². The minimum absolute atomic E-state index is 0.257. The van der Waals surface area contributed by atoms with Crippen LogP contribution in [-0.2, 0) is 4.79 Å². The van der Waals surface area contributed by atoms with E-state index in [2.05, 4.69) is 17.4 Å². The van der Waals surface area contributed by atoms with Crippen molar-refractivity contribution in [3.63, 3.8) is 0 Å². The van der Waals surface area contributed by atoms with Gasteiger partial charge in [-0.1, -0.05) is 12.1 Å². The van der Waals surface area contributed by atoms with Crippen molar-refractivity contribution in [1.82, 2.24) is 5.32 Å². The van der Waals surface area contributed by atoms with Gasteiger partial charge in [-0.25, -0.2) is 0 Å². The van der Waals surface area contributed by atoms with E-state index in [-0.39, 0.29) is 5.91 Å². The van der Waals surface area contributed by atoms with Crippen molar-refractivity contribution in [2.24, 2.45) is 0 Å². The third-order valence-corrected chi connectivity index (χ3v) is 5.62. The first kappa shape index (κ1) is 13.3. The van der Waals surface area contributed by atoms with Crippen molar-refractivity contribution in [3.8, 4) is 0 Å². The van der Waals surface area contributed by atoms with Crippen molar-refractivity contribution in [3.05, 3.63) is 24.3 Å². The lowest BCUT2D eigenvalue weighted by atomic mass is 10.2. The van der Waals surface area contributed by atoms with Gasteiger partial charge in [0.25, 0.3) is 0 Å². The fourth-order valence-corrected chi connectivity index (χ4v) is 4.44. The Morgan fingerprint density at radius 1 is 1.37 bits per heavy atom. The SMILES string of the molecule is O=C(CC1CSCCN1)N1CCSc2ccccc21. The summed E-state index contributed by atoms with van der Waals surface area (Å²) in [5.74, 6) is 3.46. The fourth-order valence-electron chi connectivity index (χ4n) is 2.50. The first-order valence-corrected chi connectivity index (χ1v) is 8.82. The second-order valence-electron chi connectivity index (χ2n) is 4.79. The molecule has 1 aromatic rings. The summed E-state index contributed by atoms with van der Waals surface area (Å²) in [6, 6.07) is 8.56. The molecule has 1 N–H and O–H groups in total. The van der Waals surface area contributed by atoms with Crippen LogP contribution >= 0.6 is 23.5 Å². The minimum Gasteiger partial charge on any atom is -0.312 e. The summed E-state index contributed by atoms with van der Waals surface area (Å²) in [7, 11) is 0. The van der Waals surface area contributed by atoms with Gasteiger partial charge in [-0.05, 0) is 12.1 Å². The number of hydrogen-bond acceptors (Lipinski definition) is 4. The molecule has 0 aliphatic carbocycles. The van der Waals surface area contributed by atoms with Crippen LogP contribution in [-0.4, -0.2) is 42.3 Å². The predicted molar refractivity (Wildman–Crippen MR) is 83.3 cm³/mol. The molecule has 1 atom stereocenters. The Hall–Kier alpha value is -0.650. The molecule has 1 unspecified atom stereocenters. The van der Waals surface area contributed by atoms with Crippen molar-refractivity contribution >= 4 is 35.1 Å². The van der Waals surface area contributed by atoms with Crippen LogP contribution in [0.1, 0.15) is 6.42 Å². The normalized spacial score (nSPS) is 22.9. The molecule has 2 heterocycles. The Bertz CT molecular complexity index is 461. The highest BCUT2D eigenvalue weighted by Crippen LogP contribution is 2.34. The monoisotopic (exact) mass is 294 g/mol. The van der Waals surface area contributed by atoms with Crippen LogP contribution in [0.3, 0.4) is 0 Å². The zero-order valence-corrected chi connectivity index (χ0v) is 12.4. The van der Waals surface area contributed by atoms with Crippen molar-refractivity contribution in [2.45, 2.75) is 17.4 Å². The number of carbonyl (C=O) groups excluding carboxylic acids is 1. The number of para-hydroxylation sites is 1. The molecular formula is C14H18N2OS2. The van der Waals surface area contributed by atoms with E-state index in [4.69, 9.17) is 0 Å². The topological polar surface area (TPSA) is 32.3 Å². The second-order valence-corrected chi connectivity index (χ2v) is 7.08. The van der Waals surface area contributed by atoms with E-state index in [0.29, 0.717) is 12.5 Å². The third kappa shape index (κ3) is 3.09. The summed E-state index contributed by atoms with van der Waals surface area (Å²) < 4.78 is 0. The molecule has 1 saturated heterocycles. The van der Waals surface area contributed by atoms with Gasteiger partial charge >= 0.3 is 0 Å². The molecule has 1 aromatic carbocycles. The van der Waals surface area contributed by atoms with Gasteiger partial charge in [-0.2, -0.15) is 11.8 Å². The molecule has 5 heteroatoms. The molecule has 0 radical (unpaired) electrons. The Kier molecular flexibility index (Phi) is 4.35. The summed E-state index contributed by atoms with van der Waals surface area (Å²) >= 11 is 3.78. The molecule has 1 fully saturated rings. The summed E-state index contributed by atoms with van der Waals surface area (Å²) in [6.45, 7) is 1.86. The number of nitrogens with zero attached hydrogens (tertiary/aromatic N) is 1. The van der Waals surface area contributed by atoms with Gasteiger partial charge in [0.15, 0.2) is 0 Å². The minimum atomic E-state index is 0.257. The number of nitrogens with one attached hydrogen (secondary N) is 1. The lowest BCUT2D eigenvalue weighted by molar-refractivity contribution is -0.119. The summed E-state index contributed by atoms with van der Waals surface area (Å²) in [4.78, 5) is 15.7. The molecule has 102 valence electrons. The first-order valence-electron chi connectivity index (χ1n) is 6.68. The van der Waals surface area contributed by atoms with E-state index in [1.54, 1.807) is 0 Å². The zero-order valence-electron chi connectivity index (χ0n) is 10.8. The van der Waals surface area contributed by atoms with E-state index in [9.17, 15) is 4.79 Å². The first-order chi connectivity index (χ1) is 9.34. The number of benzene rings is 1. The highest BCUT2D eigenvalue weighted by Gasteiger charge is 2.25. The van der Waals surface area contributed by atoms with Gasteiger partial charge in [-0.15, -0.1) is 11.8 Å². The highest BCUT2D eigenvalue weighted by molar-refractivity contribution is 7.99. The van der Waals surface area contributed by atoms with Crippen molar-refractivity contribution in [1.29, 1.82) is 0 Å². The quantitative estimate of drug-likeness (QED) is 0.906. The number of thioether (sulfide) groups is 2. The average molecular weight is 294 g/mol. The third-order valence-electron chi connectivity index (χ3n) is 3.45. The smallest absolute Gasteiger partial charge is 0.228 e. The molecule has 0 spiro atoms. The largest absolute Gasteiger partial charge is 0.312 e. The Balaban J connectivity index is 1.70. The number of carbonyl (C=O) groups is 1. The Morgan fingerprint density at radius 3 is 3.11 bits per heavy atom. The Labute approximate surface area is 122 Å². The van der Waals surface area contributed by atoms with Gasteiger partial charge in [0.05, 0.1) is 5.69 Å². The summed E-state index contributed by atoms with van der Waals surface area (Å²) in [6.07, 6.45) is 0.617. The lowest BCUT2D eigenvalue weighted by Gasteiger charge is -2.31. The molecule has 0 saturated carbocycles. The zero-order chi connectivity index (χ0) is 13.1. The number of rotatable bonds is 2. The number of amides is 1. The molecular weight excluding hydrogens is 276 g/mol. The van der Waals surface area contributed by atoms with Gasteiger partial charge < -0.3 is 10.2 Å². The molecule has 2 aliphatic rings. The molecule has 0 aromatic heterocycles. The van der Waals surface area contributed by atoms with Crippen LogP contribution in [0.15, 0.2) is 29.2 Å². The van der Waals surface area contributed by atoms with Crippen LogP contribution in [0.4, 0.5) is 5.69 Å². The van der Waals surface area contributed by atoms with Gasteiger partial charge in [-0.3, -0.25) is 4.79 Å². The molecule has 2 aliphatic heterocycles. The molecule has 3 rings (SSSR count). The van der Waals surface area contributed by atoms with E-state index < -0.39 is 0 Å². The number of fused-ring (bicyclic) bond motifs is 1. The molecule has 0 bridgehead atoms. The number of hydrogen-bond donors (Lipinski definition) is 1. The maximum atomic E-state index is 12.5. The predicted octanol–water partition coefficient (Wildman–Crippen LogP) is 2.22. The van der Waals surface area contributed by atoms with Crippen LogP contribution in [0, 0.1) is 0 Å². The van der Waals surface area contributed by atoms with E-state index in [1.165, 1.54) is 4.90 Å². The number of anilines is 1. The van der Waals surface area contributed by atoms with Crippen LogP contribution < -0.4 is 10.2 Å². The molecule has 3 nitrogen and oxygen atoms in total. The van der Waals surface area contributed by atoms with Crippen LogP contribution in [0.25, 0.3) is 0 Å². The summed E-state index contributed by atoms with van der Waals surface area (Å²) in [5.41, 5.74) is 1.09. The maximum absolute atomic E-state index is 12.5. The fraction of sp³-hybridized carbons (Fsp3) is 0.500. The lowest BCUT2D eigenvalue weighted by Crippen LogP contribution is -2.44.